The fourth-order valence-electron chi connectivity index (χ4n) is 4.33. The third-order valence-electron chi connectivity index (χ3n) is 6.10. The van der Waals surface area contributed by atoms with Crippen LogP contribution in [0.4, 0.5) is 5.69 Å². The van der Waals surface area contributed by atoms with Crippen LogP contribution in [0, 0.1) is 11.3 Å². The monoisotopic (exact) mass is 461 g/mol. The zero-order chi connectivity index (χ0) is 23.1. The number of rotatable bonds is 3. The Kier molecular flexibility index (Phi) is 5.27. The number of benzene rings is 2. The standard InChI is InChI=1S/C24H20ClN5O3/c1-28-19-7-2-3-8-21(19)33-14-20(23(28)31)30-10-9-16-12-29(27-22(16)24(30)32)13-17-15(11-26)5-4-6-18(17)25/h2-8,12,20H,9-10,13-14H2,1H3/t20-/m0/s1. The van der Waals surface area contributed by atoms with Gasteiger partial charge in [-0.05, 0) is 30.7 Å². The predicted octanol–water partition coefficient (Wildman–Crippen LogP) is 2.88. The van der Waals surface area contributed by atoms with Crippen molar-refractivity contribution in [1.82, 2.24) is 14.7 Å². The number of para-hydroxylation sites is 2. The van der Waals surface area contributed by atoms with Crippen LogP contribution in [0.25, 0.3) is 0 Å². The van der Waals surface area contributed by atoms with Gasteiger partial charge in [0.25, 0.3) is 11.8 Å². The van der Waals surface area contributed by atoms with Crippen LogP contribution in [0.15, 0.2) is 48.7 Å². The fourth-order valence-corrected chi connectivity index (χ4v) is 4.56. The van der Waals surface area contributed by atoms with E-state index in [-0.39, 0.29) is 25.0 Å². The van der Waals surface area contributed by atoms with Gasteiger partial charge in [0, 0.05) is 35.9 Å². The molecule has 1 aromatic heterocycles. The molecule has 0 radical (unpaired) electrons. The van der Waals surface area contributed by atoms with E-state index in [4.69, 9.17) is 16.3 Å². The average molecular weight is 462 g/mol. The number of carbonyl (C=O) groups is 2. The van der Waals surface area contributed by atoms with Gasteiger partial charge in [-0.1, -0.05) is 29.8 Å². The van der Waals surface area contributed by atoms with Crippen molar-refractivity contribution in [2.45, 2.75) is 19.0 Å². The first-order valence-electron chi connectivity index (χ1n) is 10.5. The molecule has 0 saturated carbocycles. The van der Waals surface area contributed by atoms with Crippen LogP contribution >= 0.6 is 11.6 Å². The van der Waals surface area contributed by atoms with Crippen LogP contribution in [0.5, 0.6) is 5.75 Å². The Morgan fingerprint density at radius 2 is 2.03 bits per heavy atom. The molecule has 0 fully saturated rings. The van der Waals surface area contributed by atoms with Gasteiger partial charge in [-0.2, -0.15) is 10.4 Å². The molecule has 2 aliphatic rings. The number of hydrogen-bond acceptors (Lipinski definition) is 5. The second-order valence-corrected chi connectivity index (χ2v) is 8.43. The number of amides is 2. The number of hydrogen-bond donors (Lipinski definition) is 0. The minimum absolute atomic E-state index is 0.0765. The van der Waals surface area contributed by atoms with E-state index in [9.17, 15) is 14.9 Å². The molecule has 2 aliphatic heterocycles. The van der Waals surface area contributed by atoms with Crippen LogP contribution in [0.3, 0.4) is 0 Å². The van der Waals surface area contributed by atoms with Gasteiger partial charge >= 0.3 is 0 Å². The number of carbonyl (C=O) groups excluding carboxylic acids is 2. The van der Waals surface area contributed by atoms with E-state index in [1.807, 2.05) is 30.5 Å². The van der Waals surface area contributed by atoms with Crippen molar-refractivity contribution in [3.8, 4) is 11.8 Å². The molecule has 166 valence electrons. The number of anilines is 1. The van der Waals surface area contributed by atoms with Crippen molar-refractivity contribution in [3.63, 3.8) is 0 Å². The highest BCUT2D eigenvalue weighted by molar-refractivity contribution is 6.31. The zero-order valence-corrected chi connectivity index (χ0v) is 18.6. The van der Waals surface area contributed by atoms with Gasteiger partial charge in [0.15, 0.2) is 5.69 Å². The Hall–Kier alpha value is -3.83. The molecule has 0 N–H and O–H groups in total. The number of nitrogens with zero attached hydrogens (tertiary/aromatic N) is 5. The molecule has 9 heteroatoms. The minimum atomic E-state index is -0.748. The van der Waals surface area contributed by atoms with E-state index in [0.29, 0.717) is 46.2 Å². The second-order valence-electron chi connectivity index (χ2n) is 8.02. The second kappa shape index (κ2) is 8.26. The summed E-state index contributed by atoms with van der Waals surface area (Å²) in [5, 5.41) is 14.4. The number of likely N-dealkylation sites (N-methyl/N-ethyl adjacent to an activating group) is 1. The van der Waals surface area contributed by atoms with E-state index in [1.54, 1.807) is 34.8 Å². The molecule has 0 bridgehead atoms. The average Bonchev–Trinajstić information content (AvgIpc) is 3.20. The SMILES string of the molecule is CN1C(=O)[C@@H](N2CCc3cn(Cc4c(Cl)cccc4C#N)nc3C2=O)COc2ccccc21. The lowest BCUT2D eigenvalue weighted by Gasteiger charge is -2.33. The Morgan fingerprint density at radius 3 is 2.85 bits per heavy atom. The van der Waals surface area contributed by atoms with E-state index >= 15 is 0 Å². The van der Waals surface area contributed by atoms with Gasteiger partial charge < -0.3 is 14.5 Å². The molecule has 5 rings (SSSR count). The van der Waals surface area contributed by atoms with Crippen LogP contribution < -0.4 is 9.64 Å². The molecule has 3 heterocycles. The highest BCUT2D eigenvalue weighted by atomic mass is 35.5. The van der Waals surface area contributed by atoms with E-state index in [0.717, 1.165) is 5.56 Å². The first kappa shape index (κ1) is 21.0. The number of aromatic nitrogens is 2. The van der Waals surface area contributed by atoms with Gasteiger partial charge in [0.05, 0.1) is 23.9 Å². The normalized spacial score (nSPS) is 17.7. The Labute approximate surface area is 195 Å². The smallest absolute Gasteiger partial charge is 0.275 e. The van der Waals surface area contributed by atoms with Crippen LogP contribution in [0.1, 0.15) is 27.2 Å². The number of nitriles is 1. The maximum atomic E-state index is 13.4. The van der Waals surface area contributed by atoms with Crippen molar-refractivity contribution < 1.29 is 14.3 Å². The topological polar surface area (TPSA) is 91.5 Å². The molecular weight excluding hydrogens is 442 g/mol. The summed E-state index contributed by atoms with van der Waals surface area (Å²) < 4.78 is 7.51. The summed E-state index contributed by atoms with van der Waals surface area (Å²) >= 11 is 6.30. The third kappa shape index (κ3) is 3.60. The quantitative estimate of drug-likeness (QED) is 0.598. The van der Waals surface area contributed by atoms with Crippen molar-refractivity contribution in [1.29, 1.82) is 5.26 Å². The largest absolute Gasteiger partial charge is 0.489 e. The third-order valence-corrected chi connectivity index (χ3v) is 6.45. The first-order valence-corrected chi connectivity index (χ1v) is 10.9. The number of ether oxygens (including phenoxy) is 1. The molecule has 33 heavy (non-hydrogen) atoms. The van der Waals surface area contributed by atoms with Crippen LogP contribution in [0.2, 0.25) is 5.02 Å². The maximum Gasteiger partial charge on any atom is 0.275 e. The molecule has 8 nitrogen and oxygen atoms in total. The summed E-state index contributed by atoms with van der Waals surface area (Å²) in [6.07, 6.45) is 2.37. The Balaban J connectivity index is 1.41. The lowest BCUT2D eigenvalue weighted by Crippen LogP contribution is -2.54. The maximum absolute atomic E-state index is 13.4. The number of fused-ring (bicyclic) bond motifs is 2. The zero-order valence-electron chi connectivity index (χ0n) is 17.9. The summed E-state index contributed by atoms with van der Waals surface area (Å²) in [5.74, 6) is 0.0974. The first-order chi connectivity index (χ1) is 16.0. The lowest BCUT2D eigenvalue weighted by molar-refractivity contribution is -0.123. The lowest BCUT2D eigenvalue weighted by atomic mass is 10.0. The Bertz CT molecular complexity index is 1310. The fraction of sp³-hybridized carbons (Fsp3) is 0.250. The van der Waals surface area contributed by atoms with Crippen molar-refractivity contribution in [3.05, 3.63) is 76.1 Å². The summed E-state index contributed by atoms with van der Waals surface area (Å²) in [6, 6.07) is 13.9. The molecule has 0 saturated heterocycles. The summed E-state index contributed by atoms with van der Waals surface area (Å²) in [7, 11) is 1.69. The minimum Gasteiger partial charge on any atom is -0.489 e. The van der Waals surface area contributed by atoms with E-state index < -0.39 is 6.04 Å². The Morgan fingerprint density at radius 1 is 1.21 bits per heavy atom. The summed E-state index contributed by atoms with van der Waals surface area (Å²) in [5.41, 5.74) is 2.90. The highest BCUT2D eigenvalue weighted by Gasteiger charge is 2.39. The van der Waals surface area contributed by atoms with Crippen molar-refractivity contribution in [2.75, 3.05) is 25.1 Å². The number of halogens is 1. The molecule has 3 aromatic rings. The van der Waals surface area contributed by atoms with E-state index in [1.165, 1.54) is 4.90 Å². The molecule has 2 aromatic carbocycles. The summed E-state index contributed by atoms with van der Waals surface area (Å²) in [4.78, 5) is 29.6. The van der Waals surface area contributed by atoms with E-state index in [2.05, 4.69) is 11.2 Å². The molecule has 0 spiro atoms. The highest BCUT2D eigenvalue weighted by Crippen LogP contribution is 2.32. The van der Waals surface area contributed by atoms with Gasteiger partial charge in [-0.3, -0.25) is 14.3 Å². The molecule has 0 aliphatic carbocycles. The molecule has 1 atom stereocenters. The van der Waals surface area contributed by atoms with Gasteiger partial charge in [-0.15, -0.1) is 0 Å². The van der Waals surface area contributed by atoms with Gasteiger partial charge in [0.1, 0.15) is 18.4 Å². The van der Waals surface area contributed by atoms with Crippen LogP contribution in [-0.4, -0.2) is 52.7 Å². The van der Waals surface area contributed by atoms with Crippen molar-refractivity contribution in [2.24, 2.45) is 0 Å². The van der Waals surface area contributed by atoms with Crippen molar-refractivity contribution >= 4 is 29.1 Å². The molecular formula is C24H20ClN5O3. The molecule has 2 amide bonds. The van der Waals surface area contributed by atoms with Gasteiger partial charge in [-0.25, -0.2) is 0 Å². The van der Waals surface area contributed by atoms with Gasteiger partial charge in [0.2, 0.25) is 0 Å². The predicted molar refractivity (Wildman–Crippen MR) is 121 cm³/mol. The molecule has 0 unspecified atom stereocenters. The van der Waals surface area contributed by atoms with Crippen LogP contribution in [-0.2, 0) is 17.8 Å². The summed E-state index contributed by atoms with van der Waals surface area (Å²) in [6.45, 7) is 0.733.